The zero-order chi connectivity index (χ0) is 15.4. The first-order valence-electron chi connectivity index (χ1n) is 7.33. The molecular weight excluding hydrogens is 270 g/mol. The Morgan fingerprint density at radius 2 is 2.14 bits per heavy atom. The number of rotatable bonds is 5. The second kappa shape index (κ2) is 6.56. The van der Waals surface area contributed by atoms with E-state index >= 15 is 0 Å². The topological polar surface area (TPSA) is 73.7 Å². The number of amides is 1. The number of nitrogens with zero attached hydrogens (tertiary/aromatic N) is 3. The van der Waals surface area contributed by atoms with Gasteiger partial charge in [-0.2, -0.15) is 0 Å². The second-order valence-electron chi connectivity index (χ2n) is 5.07. The molecule has 2 heterocycles. The standard InChI is InChI=1S/C15H21N3O3/c1-3-17(4-2)14(19)12-10-11(7-8-16-12)18-9-5-6-13(18)15(20)21/h7-8,10,13H,3-6,9H2,1-2H3,(H,20,21). The number of aromatic nitrogens is 1. The summed E-state index contributed by atoms with van der Waals surface area (Å²) in [4.78, 5) is 31.3. The van der Waals surface area contributed by atoms with Gasteiger partial charge in [0.2, 0.25) is 0 Å². The van der Waals surface area contributed by atoms with Gasteiger partial charge in [0.1, 0.15) is 11.7 Å². The Balaban J connectivity index is 2.25. The van der Waals surface area contributed by atoms with E-state index < -0.39 is 12.0 Å². The van der Waals surface area contributed by atoms with Crippen molar-refractivity contribution in [1.29, 1.82) is 0 Å². The van der Waals surface area contributed by atoms with Crippen molar-refractivity contribution in [2.75, 3.05) is 24.5 Å². The van der Waals surface area contributed by atoms with Crippen molar-refractivity contribution in [3.63, 3.8) is 0 Å². The van der Waals surface area contributed by atoms with Crippen LogP contribution in [0.25, 0.3) is 0 Å². The van der Waals surface area contributed by atoms with Crippen molar-refractivity contribution in [2.24, 2.45) is 0 Å². The van der Waals surface area contributed by atoms with Gasteiger partial charge in [0, 0.05) is 31.5 Å². The third-order valence-electron chi connectivity index (χ3n) is 3.88. The van der Waals surface area contributed by atoms with Crippen LogP contribution < -0.4 is 4.90 Å². The fourth-order valence-electron chi connectivity index (χ4n) is 2.72. The van der Waals surface area contributed by atoms with Crippen LogP contribution in [0.5, 0.6) is 0 Å². The third-order valence-corrected chi connectivity index (χ3v) is 3.88. The van der Waals surface area contributed by atoms with E-state index in [4.69, 9.17) is 0 Å². The minimum atomic E-state index is -0.819. The number of pyridine rings is 1. The summed E-state index contributed by atoms with van der Waals surface area (Å²) in [5, 5.41) is 9.26. The van der Waals surface area contributed by atoms with Crippen molar-refractivity contribution in [2.45, 2.75) is 32.7 Å². The Bertz CT molecular complexity index is 529. The van der Waals surface area contributed by atoms with E-state index in [9.17, 15) is 14.7 Å². The van der Waals surface area contributed by atoms with Gasteiger partial charge >= 0.3 is 5.97 Å². The molecule has 2 rings (SSSR count). The number of carbonyl (C=O) groups excluding carboxylic acids is 1. The molecule has 0 radical (unpaired) electrons. The average Bonchev–Trinajstić information content (AvgIpc) is 2.98. The molecule has 6 heteroatoms. The van der Waals surface area contributed by atoms with Crippen molar-refractivity contribution < 1.29 is 14.7 Å². The van der Waals surface area contributed by atoms with E-state index in [1.54, 1.807) is 23.2 Å². The van der Waals surface area contributed by atoms with Gasteiger partial charge in [0.05, 0.1) is 0 Å². The van der Waals surface area contributed by atoms with Gasteiger partial charge in [-0.25, -0.2) is 4.79 Å². The molecule has 6 nitrogen and oxygen atoms in total. The molecule has 114 valence electrons. The molecule has 1 unspecified atom stereocenters. The molecule has 1 aliphatic heterocycles. The zero-order valence-electron chi connectivity index (χ0n) is 12.5. The molecule has 1 aliphatic rings. The van der Waals surface area contributed by atoms with Gasteiger partial charge in [0.25, 0.3) is 5.91 Å². The highest BCUT2D eigenvalue weighted by atomic mass is 16.4. The van der Waals surface area contributed by atoms with Crippen LogP contribution in [0.15, 0.2) is 18.3 Å². The Morgan fingerprint density at radius 1 is 1.43 bits per heavy atom. The molecule has 1 saturated heterocycles. The molecule has 1 aromatic rings. The van der Waals surface area contributed by atoms with Gasteiger partial charge in [0.15, 0.2) is 0 Å². The molecule has 1 N–H and O–H groups in total. The average molecular weight is 291 g/mol. The quantitative estimate of drug-likeness (QED) is 0.892. The van der Waals surface area contributed by atoms with Crippen molar-refractivity contribution in [3.8, 4) is 0 Å². The number of carboxylic acids is 1. The summed E-state index contributed by atoms with van der Waals surface area (Å²) in [5.41, 5.74) is 1.12. The SMILES string of the molecule is CCN(CC)C(=O)c1cc(N2CCCC2C(=O)O)ccn1. The Labute approximate surface area is 124 Å². The molecular formula is C15H21N3O3. The number of hydrogen-bond acceptors (Lipinski definition) is 4. The first kappa shape index (κ1) is 15.3. The van der Waals surface area contributed by atoms with Crippen LogP contribution in [0.3, 0.4) is 0 Å². The van der Waals surface area contributed by atoms with Gasteiger partial charge in [-0.1, -0.05) is 0 Å². The van der Waals surface area contributed by atoms with E-state index in [1.165, 1.54) is 0 Å². The lowest BCUT2D eigenvalue weighted by Gasteiger charge is -2.24. The maximum atomic E-state index is 12.3. The second-order valence-corrected chi connectivity index (χ2v) is 5.07. The molecule has 1 fully saturated rings. The predicted octanol–water partition coefficient (Wildman–Crippen LogP) is 1.62. The zero-order valence-corrected chi connectivity index (χ0v) is 12.5. The van der Waals surface area contributed by atoms with Crippen LogP contribution in [-0.4, -0.2) is 52.5 Å². The summed E-state index contributed by atoms with van der Waals surface area (Å²) in [6.45, 7) is 5.80. The van der Waals surface area contributed by atoms with Gasteiger partial charge in [-0.05, 0) is 38.8 Å². The summed E-state index contributed by atoms with van der Waals surface area (Å²) in [6.07, 6.45) is 3.05. The number of anilines is 1. The maximum Gasteiger partial charge on any atom is 0.326 e. The van der Waals surface area contributed by atoms with Crippen molar-refractivity contribution in [1.82, 2.24) is 9.88 Å². The lowest BCUT2D eigenvalue weighted by Crippen LogP contribution is -2.36. The molecule has 0 bridgehead atoms. The van der Waals surface area contributed by atoms with Crippen LogP contribution in [0.1, 0.15) is 37.2 Å². The summed E-state index contributed by atoms with van der Waals surface area (Å²) < 4.78 is 0. The lowest BCUT2D eigenvalue weighted by molar-refractivity contribution is -0.138. The number of carbonyl (C=O) groups is 2. The molecule has 0 spiro atoms. The van der Waals surface area contributed by atoms with Gasteiger partial charge in [-0.15, -0.1) is 0 Å². The highest BCUT2D eigenvalue weighted by Gasteiger charge is 2.31. The first-order chi connectivity index (χ1) is 10.1. The predicted molar refractivity (Wildman–Crippen MR) is 79.5 cm³/mol. The molecule has 1 aromatic heterocycles. The number of carboxylic acid groups (broad SMARTS) is 1. The van der Waals surface area contributed by atoms with E-state index in [2.05, 4.69) is 4.98 Å². The first-order valence-corrected chi connectivity index (χ1v) is 7.33. The minimum Gasteiger partial charge on any atom is -0.480 e. The van der Waals surface area contributed by atoms with E-state index in [-0.39, 0.29) is 5.91 Å². The summed E-state index contributed by atoms with van der Waals surface area (Å²) >= 11 is 0. The monoisotopic (exact) mass is 291 g/mol. The highest BCUT2D eigenvalue weighted by Crippen LogP contribution is 2.26. The van der Waals surface area contributed by atoms with Crippen molar-refractivity contribution in [3.05, 3.63) is 24.0 Å². The Hall–Kier alpha value is -2.11. The fraction of sp³-hybridized carbons (Fsp3) is 0.533. The summed E-state index contributed by atoms with van der Waals surface area (Å²) in [6, 6.07) is 2.95. The Morgan fingerprint density at radius 3 is 2.76 bits per heavy atom. The van der Waals surface area contributed by atoms with E-state index in [0.717, 1.165) is 12.1 Å². The van der Waals surface area contributed by atoms with Crippen LogP contribution >= 0.6 is 0 Å². The fourth-order valence-corrected chi connectivity index (χ4v) is 2.72. The number of aliphatic carboxylic acids is 1. The van der Waals surface area contributed by atoms with E-state index in [0.29, 0.717) is 31.7 Å². The van der Waals surface area contributed by atoms with Crippen LogP contribution in [0, 0.1) is 0 Å². The minimum absolute atomic E-state index is 0.118. The molecule has 1 atom stereocenters. The molecule has 1 amide bonds. The van der Waals surface area contributed by atoms with Gasteiger partial charge in [-0.3, -0.25) is 9.78 Å². The normalized spacial score (nSPS) is 17.8. The van der Waals surface area contributed by atoms with Gasteiger partial charge < -0.3 is 14.9 Å². The lowest BCUT2D eigenvalue weighted by atomic mass is 10.2. The molecule has 0 aromatic carbocycles. The smallest absolute Gasteiger partial charge is 0.326 e. The third kappa shape index (κ3) is 3.15. The van der Waals surface area contributed by atoms with E-state index in [1.807, 2.05) is 18.7 Å². The van der Waals surface area contributed by atoms with Crippen LogP contribution in [0.2, 0.25) is 0 Å². The Kier molecular flexibility index (Phi) is 4.77. The van der Waals surface area contributed by atoms with Crippen LogP contribution in [0.4, 0.5) is 5.69 Å². The molecule has 0 saturated carbocycles. The summed E-state index contributed by atoms with van der Waals surface area (Å²) in [7, 11) is 0. The molecule has 0 aliphatic carbocycles. The maximum absolute atomic E-state index is 12.3. The van der Waals surface area contributed by atoms with Crippen LogP contribution in [-0.2, 0) is 4.79 Å². The van der Waals surface area contributed by atoms with Crippen molar-refractivity contribution >= 4 is 17.6 Å². The largest absolute Gasteiger partial charge is 0.480 e. The highest BCUT2D eigenvalue weighted by molar-refractivity contribution is 5.93. The summed E-state index contributed by atoms with van der Waals surface area (Å²) in [5.74, 6) is -0.936. The molecule has 21 heavy (non-hydrogen) atoms. The number of hydrogen-bond donors (Lipinski definition) is 1.